The van der Waals surface area contributed by atoms with Gasteiger partial charge in [-0.2, -0.15) is 0 Å². The predicted octanol–water partition coefficient (Wildman–Crippen LogP) is 5.40. The molecule has 1 atom stereocenters. The number of fused-ring (bicyclic) bond motifs is 1. The highest BCUT2D eigenvalue weighted by Gasteiger charge is 2.34. The Morgan fingerprint density at radius 1 is 1.00 bits per heavy atom. The first-order valence-electron chi connectivity index (χ1n) is 8.02. The van der Waals surface area contributed by atoms with Crippen LogP contribution in [0.25, 0.3) is 10.8 Å². The molecule has 0 aliphatic rings. The number of rotatable bonds is 6. The van der Waals surface area contributed by atoms with Crippen molar-refractivity contribution in [3.05, 3.63) is 48.0 Å². The lowest BCUT2D eigenvalue weighted by Gasteiger charge is -2.31. The fourth-order valence-corrected chi connectivity index (χ4v) is 2.97. The SMILES string of the molecule is CCC(C)(CCC(C)(C)c1cccc2ccccc12)C(=O)O. The molecule has 0 fully saturated rings. The van der Waals surface area contributed by atoms with Crippen LogP contribution in [0.2, 0.25) is 0 Å². The lowest BCUT2D eigenvalue weighted by Crippen LogP contribution is -2.30. The van der Waals surface area contributed by atoms with Gasteiger partial charge in [0.25, 0.3) is 0 Å². The second-order valence-electron chi connectivity index (χ2n) is 7.13. The zero-order valence-corrected chi connectivity index (χ0v) is 14.0. The van der Waals surface area contributed by atoms with Gasteiger partial charge in [0.2, 0.25) is 0 Å². The van der Waals surface area contributed by atoms with Crippen molar-refractivity contribution in [1.29, 1.82) is 0 Å². The molecule has 1 N–H and O–H groups in total. The number of carboxylic acids is 1. The first kappa shape index (κ1) is 16.5. The fraction of sp³-hybridized carbons (Fsp3) is 0.450. The predicted molar refractivity (Wildman–Crippen MR) is 92.2 cm³/mol. The second kappa shape index (κ2) is 6.12. The summed E-state index contributed by atoms with van der Waals surface area (Å²) in [5.74, 6) is -0.691. The molecule has 0 heterocycles. The van der Waals surface area contributed by atoms with Gasteiger partial charge in [-0.1, -0.05) is 63.2 Å². The summed E-state index contributed by atoms with van der Waals surface area (Å²) in [6.45, 7) is 8.24. The maximum absolute atomic E-state index is 11.5. The summed E-state index contributed by atoms with van der Waals surface area (Å²) in [4.78, 5) is 11.5. The van der Waals surface area contributed by atoms with Gasteiger partial charge in [0.15, 0.2) is 0 Å². The molecular weight excluding hydrogens is 272 g/mol. The van der Waals surface area contributed by atoms with E-state index in [2.05, 4.69) is 56.3 Å². The lowest BCUT2D eigenvalue weighted by atomic mass is 9.72. The summed E-state index contributed by atoms with van der Waals surface area (Å²) in [6.07, 6.45) is 2.21. The molecule has 1 unspecified atom stereocenters. The van der Waals surface area contributed by atoms with Gasteiger partial charge >= 0.3 is 5.97 Å². The molecular formula is C20H26O2. The van der Waals surface area contributed by atoms with Crippen molar-refractivity contribution in [1.82, 2.24) is 0 Å². The lowest BCUT2D eigenvalue weighted by molar-refractivity contribution is -0.148. The number of aliphatic carboxylic acids is 1. The van der Waals surface area contributed by atoms with E-state index in [0.717, 1.165) is 6.42 Å². The van der Waals surface area contributed by atoms with Gasteiger partial charge in [-0.25, -0.2) is 0 Å². The van der Waals surface area contributed by atoms with Crippen molar-refractivity contribution in [2.75, 3.05) is 0 Å². The number of carbonyl (C=O) groups is 1. The standard InChI is InChI=1S/C20H26O2/c1-5-20(4,18(21)22)14-13-19(2,3)17-12-8-10-15-9-6-7-11-16(15)17/h6-12H,5,13-14H2,1-4H3,(H,21,22). The maximum Gasteiger partial charge on any atom is 0.309 e. The third-order valence-corrected chi connectivity index (χ3v) is 5.12. The van der Waals surface area contributed by atoms with Gasteiger partial charge in [-0.05, 0) is 47.9 Å². The molecule has 0 amide bonds. The van der Waals surface area contributed by atoms with E-state index in [4.69, 9.17) is 0 Å². The summed E-state index contributed by atoms with van der Waals surface area (Å²) in [6, 6.07) is 14.8. The number of hydrogen-bond acceptors (Lipinski definition) is 1. The number of carboxylic acid groups (broad SMARTS) is 1. The van der Waals surface area contributed by atoms with Crippen LogP contribution in [0.4, 0.5) is 0 Å². The topological polar surface area (TPSA) is 37.3 Å². The van der Waals surface area contributed by atoms with Crippen LogP contribution in [0.3, 0.4) is 0 Å². The Morgan fingerprint density at radius 3 is 2.27 bits per heavy atom. The summed E-state index contributed by atoms with van der Waals surface area (Å²) < 4.78 is 0. The van der Waals surface area contributed by atoms with E-state index in [9.17, 15) is 9.90 Å². The van der Waals surface area contributed by atoms with Gasteiger partial charge in [-0.15, -0.1) is 0 Å². The maximum atomic E-state index is 11.5. The first-order chi connectivity index (χ1) is 10.3. The fourth-order valence-electron chi connectivity index (χ4n) is 2.97. The third-order valence-electron chi connectivity index (χ3n) is 5.12. The van der Waals surface area contributed by atoms with E-state index < -0.39 is 11.4 Å². The van der Waals surface area contributed by atoms with Crippen LogP contribution in [0.1, 0.15) is 52.5 Å². The minimum atomic E-state index is -0.691. The summed E-state index contributed by atoms with van der Waals surface area (Å²) >= 11 is 0. The molecule has 22 heavy (non-hydrogen) atoms. The smallest absolute Gasteiger partial charge is 0.309 e. The highest BCUT2D eigenvalue weighted by molar-refractivity contribution is 5.86. The average molecular weight is 298 g/mol. The van der Waals surface area contributed by atoms with Gasteiger partial charge in [-0.3, -0.25) is 4.79 Å². The molecule has 0 saturated heterocycles. The van der Waals surface area contributed by atoms with E-state index in [-0.39, 0.29) is 5.41 Å². The van der Waals surface area contributed by atoms with Crippen molar-refractivity contribution >= 4 is 16.7 Å². The minimum Gasteiger partial charge on any atom is -0.481 e. The van der Waals surface area contributed by atoms with Crippen LogP contribution < -0.4 is 0 Å². The van der Waals surface area contributed by atoms with Crippen molar-refractivity contribution < 1.29 is 9.90 Å². The quantitative estimate of drug-likeness (QED) is 0.775. The molecule has 0 radical (unpaired) electrons. The van der Waals surface area contributed by atoms with Crippen molar-refractivity contribution in [3.8, 4) is 0 Å². The summed E-state index contributed by atoms with van der Waals surface area (Å²) in [5, 5.41) is 12.0. The Morgan fingerprint density at radius 2 is 1.64 bits per heavy atom. The number of benzene rings is 2. The van der Waals surface area contributed by atoms with Gasteiger partial charge in [0.1, 0.15) is 0 Å². The minimum absolute atomic E-state index is 0.0489. The Bertz CT molecular complexity index is 667. The van der Waals surface area contributed by atoms with Gasteiger partial charge in [0.05, 0.1) is 5.41 Å². The monoisotopic (exact) mass is 298 g/mol. The summed E-state index contributed by atoms with van der Waals surface area (Å²) in [7, 11) is 0. The first-order valence-corrected chi connectivity index (χ1v) is 8.02. The van der Waals surface area contributed by atoms with Crippen molar-refractivity contribution in [2.45, 2.75) is 52.4 Å². The molecule has 2 aromatic rings. The largest absolute Gasteiger partial charge is 0.481 e. The van der Waals surface area contributed by atoms with Crippen LogP contribution in [-0.2, 0) is 10.2 Å². The van der Waals surface area contributed by atoms with Gasteiger partial charge < -0.3 is 5.11 Å². The van der Waals surface area contributed by atoms with E-state index in [0.29, 0.717) is 12.8 Å². The van der Waals surface area contributed by atoms with Crippen molar-refractivity contribution in [2.24, 2.45) is 5.41 Å². The molecule has 2 heteroatoms. The van der Waals surface area contributed by atoms with Crippen LogP contribution in [0, 0.1) is 5.41 Å². The Hall–Kier alpha value is -1.83. The van der Waals surface area contributed by atoms with E-state index in [1.807, 2.05) is 13.8 Å². The van der Waals surface area contributed by atoms with Crippen LogP contribution in [0.5, 0.6) is 0 Å². The highest BCUT2D eigenvalue weighted by atomic mass is 16.4. The molecule has 2 aromatic carbocycles. The van der Waals surface area contributed by atoms with Crippen LogP contribution in [0.15, 0.2) is 42.5 Å². The van der Waals surface area contributed by atoms with Crippen LogP contribution >= 0.6 is 0 Å². The molecule has 0 aliphatic carbocycles. The molecule has 0 saturated carbocycles. The molecule has 0 spiro atoms. The third kappa shape index (κ3) is 3.16. The van der Waals surface area contributed by atoms with Crippen molar-refractivity contribution in [3.63, 3.8) is 0 Å². The second-order valence-corrected chi connectivity index (χ2v) is 7.13. The number of hydrogen-bond donors (Lipinski definition) is 1. The highest BCUT2D eigenvalue weighted by Crippen LogP contribution is 2.38. The van der Waals surface area contributed by atoms with Crippen LogP contribution in [-0.4, -0.2) is 11.1 Å². The Kier molecular flexibility index (Phi) is 4.60. The molecule has 2 nitrogen and oxygen atoms in total. The molecule has 118 valence electrons. The normalized spacial score (nSPS) is 14.7. The Balaban J connectivity index is 2.31. The Labute approximate surface area is 133 Å². The summed E-state index contributed by atoms with van der Waals surface area (Å²) in [5.41, 5.74) is 0.614. The molecule has 0 aromatic heterocycles. The van der Waals surface area contributed by atoms with E-state index >= 15 is 0 Å². The zero-order chi connectivity index (χ0) is 16.4. The molecule has 0 bridgehead atoms. The molecule has 0 aliphatic heterocycles. The van der Waals surface area contributed by atoms with E-state index in [1.165, 1.54) is 16.3 Å². The molecule has 2 rings (SSSR count). The zero-order valence-electron chi connectivity index (χ0n) is 14.0. The average Bonchev–Trinajstić information content (AvgIpc) is 2.52. The van der Waals surface area contributed by atoms with E-state index in [1.54, 1.807) is 0 Å². The van der Waals surface area contributed by atoms with Gasteiger partial charge in [0, 0.05) is 0 Å².